The second kappa shape index (κ2) is 8.15. The second-order valence-corrected chi connectivity index (χ2v) is 5.08. The van der Waals surface area contributed by atoms with E-state index in [0.29, 0.717) is 5.92 Å². The lowest BCUT2D eigenvalue weighted by atomic mass is 10.0. The average molecular weight is 249 g/mol. The van der Waals surface area contributed by atoms with Crippen molar-refractivity contribution in [1.82, 2.24) is 4.90 Å². The van der Waals surface area contributed by atoms with Crippen molar-refractivity contribution in [2.45, 2.75) is 34.1 Å². The number of nitrogens with zero attached hydrogens (tertiary/aromatic N) is 1. The Balaban J connectivity index is 2.50. The highest BCUT2D eigenvalue weighted by molar-refractivity contribution is 5.33. The first-order valence-corrected chi connectivity index (χ1v) is 7.10. The zero-order chi connectivity index (χ0) is 13.4. The van der Waals surface area contributed by atoms with Crippen LogP contribution in [0.15, 0.2) is 24.3 Å². The lowest BCUT2D eigenvalue weighted by Gasteiger charge is -2.19. The van der Waals surface area contributed by atoms with Crippen LogP contribution >= 0.6 is 0 Å². The minimum atomic E-state index is 0.664. The van der Waals surface area contributed by atoms with Crippen molar-refractivity contribution in [3.8, 4) is 5.75 Å². The number of rotatable bonds is 8. The van der Waals surface area contributed by atoms with Crippen molar-refractivity contribution in [2.24, 2.45) is 5.92 Å². The van der Waals surface area contributed by atoms with Crippen LogP contribution < -0.4 is 4.74 Å². The molecule has 1 aromatic carbocycles. The van der Waals surface area contributed by atoms with Crippen molar-refractivity contribution in [2.75, 3.05) is 26.2 Å². The Bertz CT molecular complexity index is 332. The maximum absolute atomic E-state index is 5.93. The normalized spacial score (nSPS) is 11.2. The van der Waals surface area contributed by atoms with Gasteiger partial charge < -0.3 is 9.64 Å². The molecule has 0 fully saturated rings. The van der Waals surface area contributed by atoms with Gasteiger partial charge in [-0.2, -0.15) is 0 Å². The predicted octanol–water partition coefficient (Wildman–Crippen LogP) is 3.61. The van der Waals surface area contributed by atoms with Crippen molar-refractivity contribution in [3.63, 3.8) is 0 Å². The fourth-order valence-electron chi connectivity index (χ4n) is 2.08. The summed E-state index contributed by atoms with van der Waals surface area (Å²) in [5.41, 5.74) is 1.33. The summed E-state index contributed by atoms with van der Waals surface area (Å²) in [5.74, 6) is 1.72. The van der Waals surface area contributed by atoms with E-state index in [1.165, 1.54) is 5.56 Å². The third-order valence-corrected chi connectivity index (χ3v) is 3.16. The number of hydrogen-bond donors (Lipinski definition) is 0. The van der Waals surface area contributed by atoms with Crippen LogP contribution in [-0.2, 0) is 6.42 Å². The molecule has 2 heteroatoms. The summed E-state index contributed by atoms with van der Waals surface area (Å²) in [6, 6.07) is 8.40. The summed E-state index contributed by atoms with van der Waals surface area (Å²) in [6.45, 7) is 12.8. The lowest BCUT2D eigenvalue weighted by molar-refractivity contribution is 0.221. The third-order valence-electron chi connectivity index (χ3n) is 3.16. The summed E-state index contributed by atoms with van der Waals surface area (Å²) in [7, 11) is 0. The Morgan fingerprint density at radius 2 is 1.78 bits per heavy atom. The average Bonchev–Trinajstić information content (AvgIpc) is 2.36. The van der Waals surface area contributed by atoms with E-state index >= 15 is 0 Å². The van der Waals surface area contributed by atoms with Crippen molar-refractivity contribution < 1.29 is 4.74 Å². The highest BCUT2D eigenvalue weighted by atomic mass is 16.5. The molecule has 2 nitrogen and oxygen atoms in total. The van der Waals surface area contributed by atoms with Gasteiger partial charge in [0, 0.05) is 6.54 Å². The molecule has 0 atom stereocenters. The molecule has 102 valence electrons. The van der Waals surface area contributed by atoms with E-state index in [-0.39, 0.29) is 0 Å². The minimum Gasteiger partial charge on any atom is -0.492 e. The third kappa shape index (κ3) is 5.09. The highest BCUT2D eigenvalue weighted by Gasteiger charge is 2.06. The maximum Gasteiger partial charge on any atom is 0.122 e. The van der Waals surface area contributed by atoms with Crippen LogP contribution in [0.1, 0.15) is 33.3 Å². The van der Waals surface area contributed by atoms with Crippen LogP contribution in [-0.4, -0.2) is 31.1 Å². The van der Waals surface area contributed by atoms with Crippen molar-refractivity contribution in [1.29, 1.82) is 0 Å². The molecule has 0 aliphatic heterocycles. The van der Waals surface area contributed by atoms with Gasteiger partial charge in [-0.15, -0.1) is 0 Å². The molecule has 0 bridgehead atoms. The van der Waals surface area contributed by atoms with Crippen LogP contribution in [0.5, 0.6) is 5.75 Å². The molecule has 0 saturated heterocycles. The van der Waals surface area contributed by atoms with Crippen molar-refractivity contribution in [3.05, 3.63) is 29.8 Å². The highest BCUT2D eigenvalue weighted by Crippen LogP contribution is 2.21. The Labute approximate surface area is 112 Å². The summed E-state index contributed by atoms with van der Waals surface area (Å²) in [4.78, 5) is 2.38. The number of hydrogen-bond acceptors (Lipinski definition) is 2. The molecule has 0 saturated carbocycles. The molecular formula is C16H27NO. The molecule has 0 spiro atoms. The fourth-order valence-corrected chi connectivity index (χ4v) is 2.08. The minimum absolute atomic E-state index is 0.664. The van der Waals surface area contributed by atoms with Crippen LogP contribution in [0, 0.1) is 5.92 Å². The van der Waals surface area contributed by atoms with Gasteiger partial charge in [0.25, 0.3) is 0 Å². The molecule has 0 N–H and O–H groups in total. The van der Waals surface area contributed by atoms with Crippen LogP contribution in [0.3, 0.4) is 0 Å². The van der Waals surface area contributed by atoms with Gasteiger partial charge in [0.15, 0.2) is 0 Å². The Kier molecular flexibility index (Phi) is 6.81. The van der Waals surface area contributed by atoms with Gasteiger partial charge in [-0.1, -0.05) is 45.9 Å². The van der Waals surface area contributed by atoms with Gasteiger partial charge in [-0.25, -0.2) is 0 Å². The van der Waals surface area contributed by atoms with E-state index in [4.69, 9.17) is 4.74 Å². The quantitative estimate of drug-likeness (QED) is 0.698. The summed E-state index contributed by atoms with van der Waals surface area (Å²) < 4.78 is 5.93. The lowest BCUT2D eigenvalue weighted by Crippen LogP contribution is -2.28. The molecule has 0 radical (unpaired) electrons. The van der Waals surface area contributed by atoms with Gasteiger partial charge >= 0.3 is 0 Å². The molecule has 1 aromatic rings. The van der Waals surface area contributed by atoms with E-state index in [0.717, 1.165) is 38.4 Å². The number of likely N-dealkylation sites (N-methyl/N-ethyl adjacent to an activating group) is 1. The van der Waals surface area contributed by atoms with E-state index in [1.807, 2.05) is 0 Å². The molecule has 0 heterocycles. The Hall–Kier alpha value is -1.02. The molecule has 0 aliphatic carbocycles. The zero-order valence-electron chi connectivity index (χ0n) is 12.3. The SMILES string of the molecule is CCN(CC)CCOc1ccccc1CC(C)C. The van der Waals surface area contributed by atoms with Crippen LogP contribution in [0.25, 0.3) is 0 Å². The largest absolute Gasteiger partial charge is 0.492 e. The van der Waals surface area contributed by atoms with Gasteiger partial charge in [0.05, 0.1) is 0 Å². The molecule has 0 aromatic heterocycles. The molecule has 1 rings (SSSR count). The van der Waals surface area contributed by atoms with E-state index in [2.05, 4.69) is 56.9 Å². The van der Waals surface area contributed by atoms with E-state index < -0.39 is 0 Å². The first kappa shape index (κ1) is 15.0. The standard InChI is InChI=1S/C16H27NO/c1-5-17(6-2)11-12-18-16-10-8-7-9-15(16)13-14(3)4/h7-10,14H,5-6,11-13H2,1-4H3. The predicted molar refractivity (Wildman–Crippen MR) is 78.3 cm³/mol. The first-order chi connectivity index (χ1) is 8.67. The first-order valence-electron chi connectivity index (χ1n) is 7.10. The summed E-state index contributed by atoms with van der Waals surface area (Å²) in [6.07, 6.45) is 1.08. The van der Waals surface area contributed by atoms with Gasteiger partial charge in [0.1, 0.15) is 12.4 Å². The smallest absolute Gasteiger partial charge is 0.122 e. The molecule has 18 heavy (non-hydrogen) atoms. The van der Waals surface area contributed by atoms with Crippen LogP contribution in [0.2, 0.25) is 0 Å². The maximum atomic E-state index is 5.93. The van der Waals surface area contributed by atoms with Gasteiger partial charge in [0.2, 0.25) is 0 Å². The van der Waals surface area contributed by atoms with Crippen LogP contribution in [0.4, 0.5) is 0 Å². The Morgan fingerprint density at radius 3 is 2.39 bits per heavy atom. The molecule has 0 amide bonds. The van der Waals surface area contributed by atoms with Gasteiger partial charge in [-0.05, 0) is 37.1 Å². The second-order valence-electron chi connectivity index (χ2n) is 5.08. The Morgan fingerprint density at radius 1 is 1.11 bits per heavy atom. The molecule has 0 aliphatic rings. The van der Waals surface area contributed by atoms with E-state index in [9.17, 15) is 0 Å². The molecular weight excluding hydrogens is 222 g/mol. The fraction of sp³-hybridized carbons (Fsp3) is 0.625. The number of ether oxygens (including phenoxy) is 1. The van der Waals surface area contributed by atoms with E-state index in [1.54, 1.807) is 0 Å². The molecule has 0 unspecified atom stereocenters. The number of para-hydroxylation sites is 1. The summed E-state index contributed by atoms with van der Waals surface area (Å²) >= 11 is 0. The monoisotopic (exact) mass is 249 g/mol. The van der Waals surface area contributed by atoms with Crippen molar-refractivity contribution >= 4 is 0 Å². The summed E-state index contributed by atoms with van der Waals surface area (Å²) in [5, 5.41) is 0. The topological polar surface area (TPSA) is 12.5 Å². The van der Waals surface area contributed by atoms with Gasteiger partial charge in [-0.3, -0.25) is 0 Å². The number of benzene rings is 1. The zero-order valence-corrected chi connectivity index (χ0v) is 12.3.